The number of aliphatic hydroxyl groups excluding tert-OH is 2. The van der Waals surface area contributed by atoms with Crippen LogP contribution < -0.4 is 0 Å². The minimum absolute atomic E-state index is 0.315. The number of carboxylic acid groups (broad SMARTS) is 2. The van der Waals surface area contributed by atoms with E-state index >= 15 is 0 Å². The van der Waals surface area contributed by atoms with E-state index in [9.17, 15) is 9.59 Å². The molecule has 0 aromatic heterocycles. The molecule has 0 radical (unpaired) electrons. The van der Waals surface area contributed by atoms with Crippen molar-refractivity contribution in [1.82, 2.24) is 0 Å². The second-order valence-corrected chi connectivity index (χ2v) is 6.48. The van der Waals surface area contributed by atoms with Gasteiger partial charge in [0.15, 0.2) is 0 Å². The van der Waals surface area contributed by atoms with Crippen LogP contribution in [0.25, 0.3) is 0 Å². The molecule has 0 saturated heterocycles. The lowest BCUT2D eigenvalue weighted by Crippen LogP contribution is -2.49. The number of aliphatic hydroxyl groups is 2. The number of likely N-dealkylation sites (N-methyl/N-ethyl adjacent to an activating group) is 2. The number of nitrogens with zero attached hydrogens (tertiary/aromatic N) is 2. The molecule has 28 heavy (non-hydrogen) atoms. The lowest BCUT2D eigenvalue weighted by molar-refractivity contribution is -0.923. The third-order valence-electron chi connectivity index (χ3n) is 5.54. The molecule has 0 amide bonds. The minimum atomic E-state index is -1.26. The summed E-state index contributed by atoms with van der Waals surface area (Å²) in [4.78, 5) is 19.1. The first-order valence-corrected chi connectivity index (χ1v) is 10.2. The molecule has 0 unspecified atom stereocenters. The number of hydrogen-bond acceptors (Lipinski definition) is 4. The van der Waals surface area contributed by atoms with Crippen molar-refractivity contribution in [2.75, 3.05) is 65.6 Å². The number of rotatable bonds is 12. The van der Waals surface area contributed by atoms with Crippen LogP contribution in [-0.2, 0) is 9.59 Å². The van der Waals surface area contributed by atoms with Crippen LogP contribution in [0.2, 0.25) is 0 Å². The molecule has 0 bridgehead atoms. The monoisotopic (exact) mass is 408 g/mol. The van der Waals surface area contributed by atoms with E-state index in [1.807, 2.05) is 0 Å². The summed E-state index contributed by atoms with van der Waals surface area (Å²) in [5.41, 5.74) is 0. The number of aliphatic carboxylic acids is 2. The molecule has 0 aromatic rings. The molecule has 0 atom stereocenters. The Balaban J connectivity index is -0.000000337. The molecule has 0 saturated carbocycles. The van der Waals surface area contributed by atoms with E-state index in [0.717, 1.165) is 61.3 Å². The summed E-state index contributed by atoms with van der Waals surface area (Å²) in [5.74, 6) is -2.51. The van der Waals surface area contributed by atoms with E-state index in [4.69, 9.17) is 20.4 Å². The predicted octanol–water partition coefficient (Wildman–Crippen LogP) is 1.42. The maximum Gasteiger partial charge on any atom is 0.328 e. The van der Waals surface area contributed by atoms with E-state index in [0.29, 0.717) is 25.4 Å². The topological polar surface area (TPSA) is 115 Å². The first-order valence-electron chi connectivity index (χ1n) is 10.2. The second kappa shape index (κ2) is 18.9. The Hall–Kier alpha value is -1.48. The molecule has 0 aliphatic rings. The van der Waals surface area contributed by atoms with Gasteiger partial charge in [-0.2, -0.15) is 0 Å². The highest BCUT2D eigenvalue weighted by molar-refractivity contribution is 5.89. The van der Waals surface area contributed by atoms with E-state index in [-0.39, 0.29) is 0 Å². The number of carbonyl (C=O) groups is 2. The highest BCUT2D eigenvalue weighted by atomic mass is 16.4. The maximum atomic E-state index is 9.55. The Labute approximate surface area is 170 Å². The van der Waals surface area contributed by atoms with E-state index in [1.54, 1.807) is 0 Å². The van der Waals surface area contributed by atoms with Crippen LogP contribution in [0.1, 0.15) is 41.5 Å². The summed E-state index contributed by atoms with van der Waals surface area (Å²) in [7, 11) is 0. The van der Waals surface area contributed by atoms with Gasteiger partial charge in [0.1, 0.15) is 13.1 Å². The lowest BCUT2D eigenvalue weighted by Gasteiger charge is -2.34. The minimum Gasteiger partial charge on any atom is -0.478 e. The maximum absolute atomic E-state index is 9.55. The molecular formula is C20H44N2O6+2. The third kappa shape index (κ3) is 15.6. The lowest BCUT2D eigenvalue weighted by atomic mass is 10.3. The van der Waals surface area contributed by atoms with Gasteiger partial charge in [-0.25, -0.2) is 9.59 Å². The summed E-state index contributed by atoms with van der Waals surface area (Å²) in [6, 6.07) is 0. The number of quaternary nitrogens is 2. The van der Waals surface area contributed by atoms with Gasteiger partial charge in [-0.15, -0.1) is 0 Å². The zero-order valence-electron chi connectivity index (χ0n) is 18.7. The summed E-state index contributed by atoms with van der Waals surface area (Å²) in [5, 5.41) is 33.2. The van der Waals surface area contributed by atoms with Crippen LogP contribution in [0.5, 0.6) is 0 Å². The van der Waals surface area contributed by atoms with Crippen molar-refractivity contribution in [1.29, 1.82) is 0 Å². The van der Waals surface area contributed by atoms with Crippen LogP contribution >= 0.6 is 0 Å². The molecule has 0 fully saturated rings. The van der Waals surface area contributed by atoms with Crippen LogP contribution in [0.3, 0.4) is 0 Å². The molecule has 8 heteroatoms. The summed E-state index contributed by atoms with van der Waals surface area (Å²) in [6.07, 6.45) is 1.12. The zero-order valence-corrected chi connectivity index (χ0v) is 18.7. The fraction of sp³-hybridized carbons (Fsp3) is 0.800. The Morgan fingerprint density at radius 2 is 0.821 bits per heavy atom. The molecule has 0 spiro atoms. The Kier molecular flexibility index (Phi) is 21.0. The van der Waals surface area contributed by atoms with E-state index < -0.39 is 11.9 Å². The van der Waals surface area contributed by atoms with E-state index in [1.165, 1.54) is 0 Å². The highest BCUT2D eigenvalue weighted by Gasteiger charge is 2.19. The van der Waals surface area contributed by atoms with Crippen molar-refractivity contribution >= 4 is 11.9 Å². The van der Waals surface area contributed by atoms with Gasteiger partial charge < -0.3 is 29.4 Å². The second-order valence-electron chi connectivity index (χ2n) is 6.48. The predicted molar refractivity (Wildman–Crippen MR) is 112 cm³/mol. The Morgan fingerprint density at radius 3 is 0.893 bits per heavy atom. The van der Waals surface area contributed by atoms with Gasteiger partial charge in [-0.1, -0.05) is 0 Å². The van der Waals surface area contributed by atoms with Gasteiger partial charge in [-0.3, -0.25) is 0 Å². The molecule has 0 rings (SSSR count). The van der Waals surface area contributed by atoms with Crippen LogP contribution in [0.4, 0.5) is 0 Å². The molecule has 4 N–H and O–H groups in total. The van der Waals surface area contributed by atoms with Gasteiger partial charge in [0, 0.05) is 12.2 Å². The van der Waals surface area contributed by atoms with Crippen molar-refractivity contribution in [2.24, 2.45) is 0 Å². The smallest absolute Gasteiger partial charge is 0.328 e. The standard InChI is InChI=1S/2C8H20NO.C4H4O4/c2*1-4-9(5-2,6-3)7-8-10;5-3(6)1-2-4(7)8/h2*10H,4-8H2,1-3H3;1-2H,(H,5,6)(H,7,8)/q2*+1;/b;;2-1-. The highest BCUT2D eigenvalue weighted by Crippen LogP contribution is 2.04. The number of carboxylic acids is 2. The van der Waals surface area contributed by atoms with Crippen molar-refractivity contribution in [3.63, 3.8) is 0 Å². The van der Waals surface area contributed by atoms with Gasteiger partial charge in [0.2, 0.25) is 0 Å². The Bertz CT molecular complexity index is 364. The summed E-state index contributed by atoms with van der Waals surface area (Å²) < 4.78 is 2.10. The molecule has 168 valence electrons. The van der Waals surface area contributed by atoms with Crippen LogP contribution in [-0.4, -0.2) is 107 Å². The fourth-order valence-electron chi connectivity index (χ4n) is 2.86. The fourth-order valence-corrected chi connectivity index (χ4v) is 2.86. The first kappa shape index (κ1) is 31.2. The van der Waals surface area contributed by atoms with Crippen LogP contribution in [0.15, 0.2) is 12.2 Å². The molecule has 8 nitrogen and oxygen atoms in total. The van der Waals surface area contributed by atoms with Gasteiger partial charge in [0.05, 0.1) is 52.5 Å². The SMILES string of the molecule is CC[N+](CC)(CC)CCO.CC[N+](CC)(CC)CCO.O=C(O)/C=C\C(=O)O. The number of hydrogen-bond donors (Lipinski definition) is 4. The largest absolute Gasteiger partial charge is 0.478 e. The molecule has 0 aliphatic carbocycles. The third-order valence-corrected chi connectivity index (χ3v) is 5.54. The van der Waals surface area contributed by atoms with Crippen molar-refractivity contribution in [2.45, 2.75) is 41.5 Å². The summed E-state index contributed by atoms with van der Waals surface area (Å²) >= 11 is 0. The first-order chi connectivity index (χ1) is 13.1. The van der Waals surface area contributed by atoms with Crippen molar-refractivity contribution < 1.29 is 39.0 Å². The normalized spacial score (nSPS) is 11.3. The van der Waals surface area contributed by atoms with Crippen molar-refractivity contribution in [3.05, 3.63) is 12.2 Å². The molecule has 0 heterocycles. The van der Waals surface area contributed by atoms with Gasteiger partial charge >= 0.3 is 11.9 Å². The van der Waals surface area contributed by atoms with Crippen LogP contribution in [0, 0.1) is 0 Å². The Morgan fingerprint density at radius 1 is 0.607 bits per heavy atom. The van der Waals surface area contributed by atoms with Gasteiger partial charge in [-0.05, 0) is 41.5 Å². The molecular weight excluding hydrogens is 364 g/mol. The average Bonchev–Trinajstić information content (AvgIpc) is 2.70. The average molecular weight is 409 g/mol. The zero-order chi connectivity index (χ0) is 22.6. The van der Waals surface area contributed by atoms with Crippen molar-refractivity contribution in [3.8, 4) is 0 Å². The summed E-state index contributed by atoms with van der Waals surface area (Å²) in [6.45, 7) is 22.3. The van der Waals surface area contributed by atoms with E-state index in [2.05, 4.69) is 41.5 Å². The molecule has 0 aliphatic heterocycles. The molecule has 0 aromatic carbocycles. The quantitative estimate of drug-likeness (QED) is 0.287. The van der Waals surface area contributed by atoms with Gasteiger partial charge in [0.25, 0.3) is 0 Å².